The molecule has 3 aromatic heterocycles. The summed E-state index contributed by atoms with van der Waals surface area (Å²) >= 11 is 1.54. The van der Waals surface area contributed by atoms with Crippen LogP contribution in [0, 0.1) is 6.92 Å². The second-order valence-electron chi connectivity index (χ2n) is 5.75. The first-order chi connectivity index (χ1) is 13.2. The van der Waals surface area contributed by atoms with Crippen LogP contribution in [-0.2, 0) is 11.3 Å². The van der Waals surface area contributed by atoms with E-state index in [4.69, 9.17) is 18.4 Å². The van der Waals surface area contributed by atoms with Crippen LogP contribution in [0.2, 0.25) is 0 Å². The van der Waals surface area contributed by atoms with Gasteiger partial charge in [0, 0.05) is 21.9 Å². The Hall–Kier alpha value is -3.13. The van der Waals surface area contributed by atoms with E-state index in [1.54, 1.807) is 19.1 Å². The zero-order chi connectivity index (χ0) is 18.8. The Morgan fingerprint density at radius 1 is 1.30 bits per heavy atom. The van der Waals surface area contributed by atoms with Gasteiger partial charge in [-0.15, -0.1) is 0 Å². The van der Waals surface area contributed by atoms with Crippen molar-refractivity contribution in [2.45, 2.75) is 20.5 Å². The first-order valence-electron chi connectivity index (χ1n) is 8.34. The molecule has 0 saturated heterocycles. The Labute approximate surface area is 158 Å². The number of esters is 1. The van der Waals surface area contributed by atoms with Gasteiger partial charge in [-0.05, 0) is 43.5 Å². The lowest BCUT2D eigenvalue weighted by atomic mass is 10.1. The number of thiophene rings is 1. The smallest absolute Gasteiger partial charge is 0.375 e. The molecular formula is C19H16N2O5S. The number of aryl methyl sites for hydroxylation is 1. The van der Waals surface area contributed by atoms with Crippen LogP contribution in [0.4, 0.5) is 0 Å². The number of aromatic nitrogens is 2. The van der Waals surface area contributed by atoms with Crippen molar-refractivity contribution in [2.24, 2.45) is 0 Å². The number of fused-ring (bicyclic) bond motifs is 1. The average molecular weight is 384 g/mol. The number of hydrogen-bond donors (Lipinski definition) is 0. The molecule has 0 aliphatic rings. The molecule has 7 nitrogen and oxygen atoms in total. The van der Waals surface area contributed by atoms with Crippen molar-refractivity contribution in [2.75, 3.05) is 6.61 Å². The molecule has 0 saturated carbocycles. The molecule has 27 heavy (non-hydrogen) atoms. The number of ether oxygens (including phenoxy) is 2. The van der Waals surface area contributed by atoms with Gasteiger partial charge in [0.1, 0.15) is 11.3 Å². The van der Waals surface area contributed by atoms with Crippen molar-refractivity contribution in [3.8, 4) is 17.1 Å². The van der Waals surface area contributed by atoms with Crippen LogP contribution in [0.5, 0.6) is 5.75 Å². The third-order valence-corrected chi connectivity index (χ3v) is 4.66. The molecule has 0 atom stereocenters. The average Bonchev–Trinajstić information content (AvgIpc) is 3.40. The third kappa shape index (κ3) is 3.43. The predicted molar refractivity (Wildman–Crippen MR) is 98.9 cm³/mol. The van der Waals surface area contributed by atoms with Crippen LogP contribution >= 0.6 is 11.3 Å². The number of benzene rings is 1. The van der Waals surface area contributed by atoms with Gasteiger partial charge in [0.05, 0.1) is 6.61 Å². The van der Waals surface area contributed by atoms with Crippen molar-refractivity contribution >= 4 is 28.3 Å². The number of furan rings is 1. The van der Waals surface area contributed by atoms with Gasteiger partial charge in [0.25, 0.3) is 5.89 Å². The summed E-state index contributed by atoms with van der Waals surface area (Å²) in [5.74, 6) is 0.969. The zero-order valence-corrected chi connectivity index (χ0v) is 15.5. The van der Waals surface area contributed by atoms with E-state index >= 15 is 0 Å². The van der Waals surface area contributed by atoms with E-state index in [0.717, 1.165) is 16.7 Å². The summed E-state index contributed by atoms with van der Waals surface area (Å²) in [4.78, 5) is 16.6. The molecule has 8 heteroatoms. The maximum absolute atomic E-state index is 12.4. The molecule has 0 aliphatic heterocycles. The van der Waals surface area contributed by atoms with E-state index in [1.165, 1.54) is 11.3 Å². The lowest BCUT2D eigenvalue weighted by Gasteiger charge is -2.01. The standard InChI is InChI=1S/C19H16N2O5S/c1-3-23-13-4-5-15-14(8-13)11(2)17(25-15)19(22)24-9-16-20-18(21-26-16)12-6-7-27-10-12/h4-8,10H,3,9H2,1-2H3. The lowest BCUT2D eigenvalue weighted by molar-refractivity contribution is 0.0395. The second kappa shape index (κ2) is 7.24. The van der Waals surface area contributed by atoms with Crippen molar-refractivity contribution in [1.29, 1.82) is 0 Å². The number of carbonyl (C=O) groups is 1. The van der Waals surface area contributed by atoms with Gasteiger partial charge in [0.2, 0.25) is 11.6 Å². The highest BCUT2D eigenvalue weighted by molar-refractivity contribution is 7.08. The lowest BCUT2D eigenvalue weighted by Crippen LogP contribution is -2.05. The minimum atomic E-state index is -0.586. The Balaban J connectivity index is 1.49. The molecule has 0 bridgehead atoms. The van der Waals surface area contributed by atoms with E-state index in [-0.39, 0.29) is 18.3 Å². The van der Waals surface area contributed by atoms with Gasteiger partial charge in [-0.25, -0.2) is 4.79 Å². The first-order valence-corrected chi connectivity index (χ1v) is 9.28. The normalized spacial score (nSPS) is 11.0. The maximum atomic E-state index is 12.4. The predicted octanol–water partition coefficient (Wildman–Crippen LogP) is 4.61. The largest absolute Gasteiger partial charge is 0.494 e. The van der Waals surface area contributed by atoms with Crippen molar-refractivity contribution < 1.29 is 23.2 Å². The molecule has 0 aliphatic carbocycles. The molecular weight excluding hydrogens is 368 g/mol. The van der Waals surface area contributed by atoms with E-state index in [0.29, 0.717) is 23.6 Å². The summed E-state index contributed by atoms with van der Waals surface area (Å²) in [7, 11) is 0. The Morgan fingerprint density at radius 3 is 2.96 bits per heavy atom. The molecule has 3 heterocycles. The van der Waals surface area contributed by atoms with Crippen molar-refractivity contribution in [3.63, 3.8) is 0 Å². The molecule has 4 aromatic rings. The Bertz CT molecular complexity index is 1080. The summed E-state index contributed by atoms with van der Waals surface area (Å²) in [6, 6.07) is 7.31. The summed E-state index contributed by atoms with van der Waals surface area (Å²) in [5.41, 5.74) is 2.15. The SMILES string of the molecule is CCOc1ccc2oc(C(=O)OCc3nc(-c4ccsc4)no3)c(C)c2c1. The number of rotatable bonds is 6. The van der Waals surface area contributed by atoms with Crippen LogP contribution in [0.25, 0.3) is 22.4 Å². The highest BCUT2D eigenvalue weighted by Crippen LogP contribution is 2.29. The third-order valence-electron chi connectivity index (χ3n) is 3.98. The number of hydrogen-bond acceptors (Lipinski definition) is 8. The zero-order valence-electron chi connectivity index (χ0n) is 14.7. The van der Waals surface area contributed by atoms with E-state index in [9.17, 15) is 4.79 Å². The van der Waals surface area contributed by atoms with Gasteiger partial charge in [-0.3, -0.25) is 0 Å². The summed E-state index contributed by atoms with van der Waals surface area (Å²) < 4.78 is 21.5. The minimum Gasteiger partial charge on any atom is -0.494 e. The van der Waals surface area contributed by atoms with E-state index in [1.807, 2.05) is 29.8 Å². The van der Waals surface area contributed by atoms with Gasteiger partial charge in [-0.1, -0.05) is 5.16 Å². The van der Waals surface area contributed by atoms with Gasteiger partial charge in [-0.2, -0.15) is 16.3 Å². The fourth-order valence-electron chi connectivity index (χ4n) is 2.67. The molecule has 0 unspecified atom stereocenters. The van der Waals surface area contributed by atoms with E-state index in [2.05, 4.69) is 10.1 Å². The summed E-state index contributed by atoms with van der Waals surface area (Å²) in [6.45, 7) is 4.15. The van der Waals surface area contributed by atoms with Crippen LogP contribution in [-0.4, -0.2) is 22.7 Å². The van der Waals surface area contributed by atoms with E-state index < -0.39 is 5.97 Å². The Kier molecular flexibility index (Phi) is 4.64. The molecule has 4 rings (SSSR count). The molecule has 1 aromatic carbocycles. The molecule has 0 radical (unpaired) electrons. The van der Waals surface area contributed by atoms with Crippen LogP contribution in [0.3, 0.4) is 0 Å². The first kappa shape index (κ1) is 17.3. The molecule has 138 valence electrons. The van der Waals surface area contributed by atoms with Gasteiger partial charge >= 0.3 is 5.97 Å². The monoisotopic (exact) mass is 384 g/mol. The van der Waals surface area contributed by atoms with Gasteiger partial charge < -0.3 is 18.4 Å². The minimum absolute atomic E-state index is 0.128. The number of carbonyl (C=O) groups excluding carboxylic acids is 1. The fraction of sp³-hybridized carbons (Fsp3) is 0.211. The molecule has 0 amide bonds. The fourth-order valence-corrected chi connectivity index (χ4v) is 3.30. The van der Waals surface area contributed by atoms with Gasteiger partial charge in [0.15, 0.2) is 6.61 Å². The quantitative estimate of drug-likeness (QED) is 0.449. The highest BCUT2D eigenvalue weighted by atomic mass is 32.1. The summed E-state index contributed by atoms with van der Waals surface area (Å²) in [6.07, 6.45) is 0. The van der Waals surface area contributed by atoms with Crippen LogP contribution < -0.4 is 4.74 Å². The van der Waals surface area contributed by atoms with Crippen LogP contribution in [0.15, 0.2) is 44.0 Å². The van der Waals surface area contributed by atoms with Crippen LogP contribution in [0.1, 0.15) is 28.9 Å². The van der Waals surface area contributed by atoms with Crippen molar-refractivity contribution in [1.82, 2.24) is 10.1 Å². The summed E-state index contributed by atoms with van der Waals surface area (Å²) in [5, 5.41) is 8.53. The number of nitrogens with zero attached hydrogens (tertiary/aromatic N) is 2. The molecule has 0 spiro atoms. The topological polar surface area (TPSA) is 87.6 Å². The maximum Gasteiger partial charge on any atom is 0.375 e. The highest BCUT2D eigenvalue weighted by Gasteiger charge is 2.21. The Morgan fingerprint density at radius 2 is 2.19 bits per heavy atom. The molecule has 0 N–H and O–H groups in total. The van der Waals surface area contributed by atoms with Crippen molar-refractivity contribution in [3.05, 3.63) is 52.2 Å². The second-order valence-corrected chi connectivity index (χ2v) is 6.53. The molecule has 0 fully saturated rings.